The molecule has 25 heavy (non-hydrogen) atoms. The van der Waals surface area contributed by atoms with Crippen molar-refractivity contribution in [2.45, 2.75) is 13.1 Å². The summed E-state index contributed by atoms with van der Waals surface area (Å²) in [6, 6.07) is 11.4. The number of thiophene rings is 1. The number of nitrogens with zero attached hydrogens (tertiary/aromatic N) is 2. The lowest BCUT2D eigenvalue weighted by atomic mass is 10.3. The number of benzene rings is 1. The van der Waals surface area contributed by atoms with Gasteiger partial charge in [-0.1, -0.05) is 6.07 Å². The molecule has 0 amide bonds. The van der Waals surface area contributed by atoms with Crippen molar-refractivity contribution in [3.05, 3.63) is 74.6 Å². The lowest BCUT2D eigenvalue weighted by Crippen LogP contribution is -2.82. The van der Waals surface area contributed by atoms with Gasteiger partial charge < -0.3 is 0 Å². The van der Waals surface area contributed by atoms with Gasteiger partial charge in [-0.05, 0) is 42.6 Å². The normalized spacial score (nSPS) is 15.9. The largest absolute Gasteiger partial charge is 0.357 e. The summed E-state index contributed by atoms with van der Waals surface area (Å²) >= 11 is 1.55. The molecular weight excluding hydrogens is 341 g/mol. The molecule has 8 heteroatoms. The number of rotatable bonds is 2. The molecule has 0 spiro atoms. The van der Waals surface area contributed by atoms with E-state index < -0.39 is 0 Å². The van der Waals surface area contributed by atoms with Gasteiger partial charge >= 0.3 is 5.96 Å². The molecule has 0 saturated heterocycles. The number of guanidine groups is 1. The van der Waals surface area contributed by atoms with Crippen LogP contribution in [-0.4, -0.2) is 15.5 Å². The number of hydrogen-bond donors (Lipinski definition) is 3. The summed E-state index contributed by atoms with van der Waals surface area (Å²) in [7, 11) is 0. The topological polar surface area (TPSA) is 72.9 Å². The third-order valence-corrected chi connectivity index (χ3v) is 4.71. The highest BCUT2D eigenvalue weighted by Gasteiger charge is 2.29. The van der Waals surface area contributed by atoms with Crippen LogP contribution < -0.4 is 21.2 Å². The Morgan fingerprint density at radius 1 is 1.32 bits per heavy atom. The molecule has 0 bridgehead atoms. The van der Waals surface area contributed by atoms with Crippen LogP contribution in [0, 0.1) is 12.7 Å². The Hall–Kier alpha value is -3.00. The predicted octanol–water partition coefficient (Wildman–Crippen LogP) is 1.27. The van der Waals surface area contributed by atoms with E-state index in [1.165, 1.54) is 18.2 Å². The maximum absolute atomic E-state index is 13.1. The van der Waals surface area contributed by atoms with Gasteiger partial charge in [-0.3, -0.25) is 9.79 Å². The molecule has 0 radical (unpaired) electrons. The molecule has 0 aliphatic carbocycles. The summed E-state index contributed by atoms with van der Waals surface area (Å²) < 4.78 is 14.7. The minimum atomic E-state index is -0.375. The van der Waals surface area contributed by atoms with Crippen LogP contribution in [0.3, 0.4) is 0 Å². The summed E-state index contributed by atoms with van der Waals surface area (Å²) in [5, 5.41) is 8.20. The number of nitrogens with one attached hydrogen (secondary N) is 3. The van der Waals surface area contributed by atoms with E-state index in [2.05, 4.69) is 20.6 Å². The minimum Gasteiger partial charge on any atom is -0.269 e. The molecule has 1 aromatic carbocycles. The second-order valence-corrected chi connectivity index (χ2v) is 6.60. The fourth-order valence-electron chi connectivity index (χ4n) is 2.68. The van der Waals surface area contributed by atoms with Crippen molar-refractivity contribution < 1.29 is 9.38 Å². The number of hydrogen-bond acceptors (Lipinski definition) is 5. The highest BCUT2D eigenvalue weighted by atomic mass is 32.1. The van der Waals surface area contributed by atoms with Crippen molar-refractivity contribution in [3.8, 4) is 0 Å². The Balaban J connectivity index is 1.76. The fraction of sp³-hybridized carbons (Fsp3) is 0.118. The number of aromatic nitrogens is 2. The van der Waals surface area contributed by atoms with Crippen molar-refractivity contribution in [2.75, 3.05) is 10.6 Å². The predicted molar refractivity (Wildman–Crippen MR) is 95.3 cm³/mol. The van der Waals surface area contributed by atoms with E-state index in [1.54, 1.807) is 35.0 Å². The summed E-state index contributed by atoms with van der Waals surface area (Å²) in [5.41, 5.74) is 1.21. The van der Waals surface area contributed by atoms with Crippen molar-refractivity contribution in [2.24, 2.45) is 0 Å². The highest BCUT2D eigenvalue weighted by Crippen LogP contribution is 2.20. The Morgan fingerprint density at radius 3 is 2.84 bits per heavy atom. The van der Waals surface area contributed by atoms with Crippen molar-refractivity contribution in [1.29, 1.82) is 0 Å². The second kappa shape index (κ2) is 6.14. The van der Waals surface area contributed by atoms with Gasteiger partial charge in [0.2, 0.25) is 0 Å². The van der Waals surface area contributed by atoms with Crippen LogP contribution in [0.4, 0.5) is 16.0 Å². The zero-order valence-corrected chi connectivity index (χ0v) is 14.1. The Bertz CT molecular complexity index is 995. The number of fused-ring (bicyclic) bond motifs is 1. The van der Waals surface area contributed by atoms with Crippen LogP contribution in [0.2, 0.25) is 0 Å². The fourth-order valence-corrected chi connectivity index (χ4v) is 3.45. The molecule has 3 heterocycles. The second-order valence-electron chi connectivity index (χ2n) is 5.62. The summed E-state index contributed by atoms with van der Waals surface area (Å²) in [5.74, 6) is 0.722. The number of aryl methyl sites for hydroxylation is 1. The molecule has 0 saturated carbocycles. The minimum absolute atomic E-state index is 0.137. The molecule has 1 atom stereocenters. The third kappa shape index (κ3) is 3.03. The van der Waals surface area contributed by atoms with Crippen LogP contribution in [-0.2, 0) is 0 Å². The van der Waals surface area contributed by atoms with E-state index in [9.17, 15) is 9.18 Å². The highest BCUT2D eigenvalue weighted by molar-refractivity contribution is 7.10. The molecule has 0 unspecified atom stereocenters. The number of halogens is 1. The maximum Gasteiger partial charge on any atom is 0.357 e. The molecule has 0 fully saturated rings. The standard InChI is InChI=1S/C17H14FN5OS/c1-10-9-14(24)23-15(13-3-2-8-25-13)21-16(22-17(23)19-10)20-12-6-4-11(18)5-7-12/h2-9,15H,1H3,(H2,19,20,21,22)/p+1/t15-/m1/s1. The van der Waals surface area contributed by atoms with Crippen molar-refractivity contribution in [3.63, 3.8) is 0 Å². The van der Waals surface area contributed by atoms with E-state index in [0.29, 0.717) is 23.3 Å². The molecule has 2 aromatic heterocycles. The van der Waals surface area contributed by atoms with Gasteiger partial charge in [0.1, 0.15) is 5.82 Å². The average Bonchev–Trinajstić information content (AvgIpc) is 3.10. The van der Waals surface area contributed by atoms with Crippen LogP contribution in [0.5, 0.6) is 0 Å². The van der Waals surface area contributed by atoms with Crippen molar-refractivity contribution >= 4 is 28.9 Å². The Labute approximate surface area is 146 Å². The Kier molecular flexibility index (Phi) is 3.81. The smallest absolute Gasteiger partial charge is 0.269 e. The van der Waals surface area contributed by atoms with Gasteiger partial charge in [0.15, 0.2) is 6.17 Å². The van der Waals surface area contributed by atoms with E-state index in [4.69, 9.17) is 0 Å². The van der Waals surface area contributed by atoms with Crippen molar-refractivity contribution in [1.82, 2.24) is 9.55 Å². The Morgan fingerprint density at radius 2 is 2.12 bits per heavy atom. The van der Waals surface area contributed by atoms with E-state index in [1.807, 2.05) is 17.5 Å². The summed E-state index contributed by atoms with van der Waals surface area (Å²) in [6.45, 7) is 1.78. The summed E-state index contributed by atoms with van der Waals surface area (Å²) in [4.78, 5) is 21.2. The SMILES string of the molecule is Cc1cc(=O)n2c(n1)NC(Nc1ccc(F)cc1)=[NH+][C@H]2c1cccs1. The van der Waals surface area contributed by atoms with Gasteiger partial charge in [-0.15, -0.1) is 11.3 Å². The monoisotopic (exact) mass is 356 g/mol. The van der Waals surface area contributed by atoms with Crippen LogP contribution >= 0.6 is 11.3 Å². The lowest BCUT2D eigenvalue weighted by molar-refractivity contribution is -0.519. The first-order chi connectivity index (χ1) is 12.1. The molecule has 6 nitrogen and oxygen atoms in total. The van der Waals surface area contributed by atoms with Crippen LogP contribution in [0.15, 0.2) is 52.6 Å². The molecule has 4 rings (SSSR count). The maximum atomic E-state index is 13.1. The first kappa shape index (κ1) is 15.5. The number of anilines is 2. The van der Waals surface area contributed by atoms with Gasteiger partial charge in [0, 0.05) is 11.8 Å². The lowest BCUT2D eigenvalue weighted by Gasteiger charge is -2.22. The van der Waals surface area contributed by atoms with E-state index in [-0.39, 0.29) is 17.5 Å². The average molecular weight is 356 g/mol. The molecule has 1 aliphatic rings. The zero-order chi connectivity index (χ0) is 17.4. The van der Waals surface area contributed by atoms with Gasteiger partial charge in [-0.25, -0.2) is 24.6 Å². The van der Waals surface area contributed by atoms with Crippen LogP contribution in [0.25, 0.3) is 0 Å². The van der Waals surface area contributed by atoms with Gasteiger partial charge in [0.05, 0.1) is 10.6 Å². The summed E-state index contributed by atoms with van der Waals surface area (Å²) in [6.07, 6.45) is -0.375. The quantitative estimate of drug-likeness (QED) is 0.647. The first-order valence-corrected chi connectivity index (χ1v) is 8.55. The molecule has 3 N–H and O–H groups in total. The third-order valence-electron chi connectivity index (χ3n) is 3.78. The molecule has 1 aliphatic heterocycles. The zero-order valence-electron chi connectivity index (χ0n) is 13.3. The van der Waals surface area contributed by atoms with Gasteiger partial charge in [-0.2, -0.15) is 0 Å². The van der Waals surface area contributed by atoms with E-state index in [0.717, 1.165) is 4.88 Å². The first-order valence-electron chi connectivity index (χ1n) is 7.67. The molecule has 3 aromatic rings. The molecular formula is C17H15FN5OS+. The van der Waals surface area contributed by atoms with Crippen LogP contribution in [0.1, 0.15) is 16.7 Å². The van der Waals surface area contributed by atoms with E-state index >= 15 is 0 Å². The molecule has 126 valence electrons. The van der Waals surface area contributed by atoms with Gasteiger partial charge in [0.25, 0.3) is 11.5 Å².